The van der Waals surface area contributed by atoms with Crippen LogP contribution in [0.15, 0.2) is 66.7 Å². The van der Waals surface area contributed by atoms with E-state index in [1.807, 2.05) is 48.6 Å². The van der Waals surface area contributed by atoms with Crippen molar-refractivity contribution in [2.75, 3.05) is 0 Å². The van der Waals surface area contributed by atoms with Gasteiger partial charge >= 0.3 is 0 Å². The number of hydrogen-bond donors (Lipinski definition) is 2. The first-order valence-electron chi connectivity index (χ1n) is 7.41. The highest BCUT2D eigenvalue weighted by Gasteiger charge is 2.01. The Morgan fingerprint density at radius 3 is 2.38 bits per heavy atom. The number of aliphatic hydroxyl groups is 1. The lowest BCUT2D eigenvalue weighted by Crippen LogP contribution is -2.03. The van der Waals surface area contributed by atoms with Crippen molar-refractivity contribution < 1.29 is 10.2 Å². The Morgan fingerprint density at radius 1 is 0.905 bits per heavy atom. The lowest BCUT2D eigenvalue weighted by molar-refractivity contribution is 0.212. The molecule has 0 bridgehead atoms. The fraction of sp³-hybridized carbons (Fsp3) is 0.263. The van der Waals surface area contributed by atoms with Crippen LogP contribution in [0, 0.1) is 0 Å². The molecule has 0 aliphatic heterocycles. The zero-order valence-electron chi connectivity index (χ0n) is 12.2. The fourth-order valence-electron chi connectivity index (χ4n) is 2.27. The standard InChI is InChI=1S/C19H22O2/c20-18(15-14-16-8-2-1-3-9-16)12-6-4-10-17-11-5-7-13-19(17)21/h1-3,5-9,11-13,18,20-21H,4,10,14-15H2/b12-6+/t18-/m0/s1. The predicted molar refractivity (Wildman–Crippen MR) is 86.3 cm³/mol. The van der Waals surface area contributed by atoms with Gasteiger partial charge in [0.1, 0.15) is 5.75 Å². The normalized spacial score (nSPS) is 12.6. The highest BCUT2D eigenvalue weighted by molar-refractivity contribution is 5.31. The second-order valence-electron chi connectivity index (χ2n) is 5.19. The Bertz CT molecular complexity index is 561. The van der Waals surface area contributed by atoms with Crippen LogP contribution in [0.25, 0.3) is 0 Å². The Labute approximate surface area is 126 Å². The van der Waals surface area contributed by atoms with Gasteiger partial charge in [-0.1, -0.05) is 60.7 Å². The number of allylic oxidation sites excluding steroid dienone is 1. The van der Waals surface area contributed by atoms with Crippen molar-refractivity contribution in [3.63, 3.8) is 0 Å². The summed E-state index contributed by atoms with van der Waals surface area (Å²) in [6, 6.07) is 17.6. The monoisotopic (exact) mass is 282 g/mol. The van der Waals surface area contributed by atoms with Crippen LogP contribution in [0.4, 0.5) is 0 Å². The zero-order valence-corrected chi connectivity index (χ0v) is 12.2. The molecule has 2 aromatic rings. The summed E-state index contributed by atoms with van der Waals surface area (Å²) in [5, 5.41) is 19.6. The van der Waals surface area contributed by atoms with Gasteiger partial charge in [-0.05, 0) is 42.9 Å². The number of aliphatic hydroxyl groups excluding tert-OH is 1. The number of benzene rings is 2. The van der Waals surface area contributed by atoms with Crippen molar-refractivity contribution >= 4 is 0 Å². The van der Waals surface area contributed by atoms with Crippen LogP contribution < -0.4 is 0 Å². The van der Waals surface area contributed by atoms with Crippen molar-refractivity contribution in [1.82, 2.24) is 0 Å². The number of aryl methyl sites for hydroxylation is 2. The molecule has 0 saturated carbocycles. The predicted octanol–water partition coefficient (Wildman–Crippen LogP) is 3.87. The SMILES string of the molecule is Oc1ccccc1CC/C=C/[C@H](O)CCc1ccccc1. The minimum absolute atomic E-state index is 0.343. The minimum Gasteiger partial charge on any atom is -0.508 e. The molecule has 0 unspecified atom stereocenters. The summed E-state index contributed by atoms with van der Waals surface area (Å²) in [7, 11) is 0. The number of rotatable bonds is 7. The lowest BCUT2D eigenvalue weighted by atomic mass is 10.1. The van der Waals surface area contributed by atoms with Crippen LogP contribution >= 0.6 is 0 Å². The molecule has 2 nitrogen and oxygen atoms in total. The first kappa shape index (κ1) is 15.3. The highest BCUT2D eigenvalue weighted by atomic mass is 16.3. The van der Waals surface area contributed by atoms with Gasteiger partial charge in [-0.25, -0.2) is 0 Å². The summed E-state index contributed by atoms with van der Waals surface area (Å²) in [4.78, 5) is 0. The second kappa shape index (κ2) is 8.28. The number of para-hydroxylation sites is 1. The van der Waals surface area contributed by atoms with E-state index in [-0.39, 0.29) is 0 Å². The van der Waals surface area contributed by atoms with Gasteiger partial charge in [0.2, 0.25) is 0 Å². The third-order valence-corrected chi connectivity index (χ3v) is 3.50. The van der Waals surface area contributed by atoms with Crippen molar-refractivity contribution in [2.24, 2.45) is 0 Å². The number of hydrogen-bond acceptors (Lipinski definition) is 2. The van der Waals surface area contributed by atoms with Crippen molar-refractivity contribution in [2.45, 2.75) is 31.8 Å². The van der Waals surface area contributed by atoms with Gasteiger partial charge in [0.05, 0.1) is 6.10 Å². The number of phenolic OH excluding ortho intramolecular Hbond substituents is 1. The van der Waals surface area contributed by atoms with E-state index in [1.54, 1.807) is 6.07 Å². The van der Waals surface area contributed by atoms with E-state index in [0.29, 0.717) is 5.75 Å². The minimum atomic E-state index is -0.408. The van der Waals surface area contributed by atoms with Crippen LogP contribution in [0.5, 0.6) is 5.75 Å². The Hall–Kier alpha value is -2.06. The van der Waals surface area contributed by atoms with Gasteiger partial charge < -0.3 is 10.2 Å². The van der Waals surface area contributed by atoms with Crippen LogP contribution in [0.2, 0.25) is 0 Å². The molecule has 0 amide bonds. The van der Waals surface area contributed by atoms with Crippen molar-refractivity contribution in [3.8, 4) is 5.75 Å². The van der Waals surface area contributed by atoms with Crippen molar-refractivity contribution in [1.29, 1.82) is 0 Å². The molecule has 0 heterocycles. The summed E-state index contributed by atoms with van der Waals surface area (Å²) in [6.45, 7) is 0. The summed E-state index contributed by atoms with van der Waals surface area (Å²) in [5.74, 6) is 0.343. The van der Waals surface area contributed by atoms with E-state index in [2.05, 4.69) is 12.1 Å². The van der Waals surface area contributed by atoms with E-state index < -0.39 is 6.10 Å². The molecule has 21 heavy (non-hydrogen) atoms. The molecule has 0 saturated heterocycles. The molecule has 2 N–H and O–H groups in total. The first-order valence-corrected chi connectivity index (χ1v) is 7.41. The average Bonchev–Trinajstić information content (AvgIpc) is 2.52. The van der Waals surface area contributed by atoms with Gasteiger partial charge in [-0.15, -0.1) is 0 Å². The van der Waals surface area contributed by atoms with E-state index in [9.17, 15) is 10.2 Å². The Balaban J connectivity index is 1.70. The molecular formula is C19H22O2. The smallest absolute Gasteiger partial charge is 0.118 e. The molecule has 0 fully saturated rings. The topological polar surface area (TPSA) is 40.5 Å². The quantitative estimate of drug-likeness (QED) is 0.757. The first-order chi connectivity index (χ1) is 10.3. The highest BCUT2D eigenvalue weighted by Crippen LogP contribution is 2.17. The molecular weight excluding hydrogens is 260 g/mol. The molecule has 0 radical (unpaired) electrons. The Kier molecular flexibility index (Phi) is 6.04. The maximum absolute atomic E-state index is 9.93. The molecule has 110 valence electrons. The molecule has 2 aromatic carbocycles. The molecule has 0 aliphatic rings. The molecule has 2 heteroatoms. The van der Waals surface area contributed by atoms with Crippen LogP contribution in [-0.2, 0) is 12.8 Å². The molecule has 0 aromatic heterocycles. The van der Waals surface area contributed by atoms with Gasteiger partial charge in [-0.3, -0.25) is 0 Å². The van der Waals surface area contributed by atoms with Gasteiger partial charge in [0.15, 0.2) is 0 Å². The summed E-state index contributed by atoms with van der Waals surface area (Å²) < 4.78 is 0. The van der Waals surface area contributed by atoms with E-state index in [0.717, 1.165) is 31.2 Å². The van der Waals surface area contributed by atoms with Crippen molar-refractivity contribution in [3.05, 3.63) is 77.9 Å². The fourth-order valence-corrected chi connectivity index (χ4v) is 2.27. The Morgan fingerprint density at radius 2 is 1.62 bits per heavy atom. The third-order valence-electron chi connectivity index (χ3n) is 3.50. The maximum atomic E-state index is 9.93. The van der Waals surface area contributed by atoms with Crippen LogP contribution in [0.3, 0.4) is 0 Å². The lowest BCUT2D eigenvalue weighted by Gasteiger charge is -2.06. The van der Waals surface area contributed by atoms with E-state index >= 15 is 0 Å². The number of aromatic hydroxyl groups is 1. The molecule has 0 aliphatic carbocycles. The summed E-state index contributed by atoms with van der Waals surface area (Å²) >= 11 is 0. The molecule has 0 spiro atoms. The summed E-state index contributed by atoms with van der Waals surface area (Å²) in [5.41, 5.74) is 2.19. The van der Waals surface area contributed by atoms with Crippen LogP contribution in [0.1, 0.15) is 24.0 Å². The second-order valence-corrected chi connectivity index (χ2v) is 5.19. The van der Waals surface area contributed by atoms with E-state index in [4.69, 9.17) is 0 Å². The van der Waals surface area contributed by atoms with Gasteiger partial charge in [-0.2, -0.15) is 0 Å². The van der Waals surface area contributed by atoms with Crippen LogP contribution in [-0.4, -0.2) is 16.3 Å². The summed E-state index contributed by atoms with van der Waals surface area (Å²) in [6.07, 6.45) is 6.65. The molecule has 1 atom stereocenters. The largest absolute Gasteiger partial charge is 0.508 e. The maximum Gasteiger partial charge on any atom is 0.118 e. The van der Waals surface area contributed by atoms with E-state index in [1.165, 1.54) is 5.56 Å². The third kappa shape index (κ3) is 5.44. The average molecular weight is 282 g/mol. The molecule has 2 rings (SSSR count). The van der Waals surface area contributed by atoms with Gasteiger partial charge in [0, 0.05) is 0 Å². The van der Waals surface area contributed by atoms with Gasteiger partial charge in [0.25, 0.3) is 0 Å². The number of phenols is 1. The zero-order chi connectivity index (χ0) is 14.9.